The molecule has 1 aliphatic rings. The van der Waals surface area contributed by atoms with E-state index in [0.29, 0.717) is 5.41 Å². The van der Waals surface area contributed by atoms with Gasteiger partial charge >= 0.3 is 0 Å². The Morgan fingerprint density at radius 1 is 1.32 bits per heavy atom. The predicted octanol–water partition coefficient (Wildman–Crippen LogP) is 2.68. The van der Waals surface area contributed by atoms with Crippen molar-refractivity contribution in [3.63, 3.8) is 0 Å². The maximum atomic E-state index is 4.20. The van der Waals surface area contributed by atoms with Gasteiger partial charge in [0.2, 0.25) is 0 Å². The zero-order chi connectivity index (χ0) is 13.6. The number of nitrogens with zero attached hydrogens (tertiary/aromatic N) is 2. The molecule has 0 spiro atoms. The van der Waals surface area contributed by atoms with Crippen molar-refractivity contribution in [1.29, 1.82) is 0 Å². The van der Waals surface area contributed by atoms with Crippen LogP contribution in [0.1, 0.15) is 37.7 Å². The maximum Gasteiger partial charge on any atom is 0.0312 e. The van der Waals surface area contributed by atoms with Gasteiger partial charge in [-0.2, -0.15) is 0 Å². The fourth-order valence-electron chi connectivity index (χ4n) is 3.50. The molecule has 1 fully saturated rings. The average molecular weight is 261 g/mol. The Morgan fingerprint density at radius 2 is 2.11 bits per heavy atom. The topological polar surface area (TPSA) is 28.2 Å². The Bertz CT molecular complexity index is 352. The molecule has 1 saturated carbocycles. The number of rotatable bonds is 6. The molecule has 0 atom stereocenters. The van der Waals surface area contributed by atoms with Gasteiger partial charge in [0.05, 0.1) is 0 Å². The molecule has 1 aromatic rings. The molecule has 1 aliphatic carbocycles. The standard InChI is InChI=1S/C16H27N3/c1-17-13-16(8-4-3-5-9-16)14-19(2)12-15-7-6-10-18-11-15/h6-7,10-11,17H,3-5,8-9,12-14H2,1-2H3. The molecule has 2 rings (SSSR count). The summed E-state index contributed by atoms with van der Waals surface area (Å²) in [6, 6.07) is 4.18. The van der Waals surface area contributed by atoms with E-state index in [1.54, 1.807) is 0 Å². The lowest BCUT2D eigenvalue weighted by Gasteiger charge is -2.40. The zero-order valence-electron chi connectivity index (χ0n) is 12.4. The Morgan fingerprint density at radius 3 is 2.74 bits per heavy atom. The Labute approximate surface area is 117 Å². The van der Waals surface area contributed by atoms with Crippen molar-refractivity contribution in [3.05, 3.63) is 30.1 Å². The van der Waals surface area contributed by atoms with Crippen LogP contribution in [-0.2, 0) is 6.54 Å². The molecule has 0 aliphatic heterocycles. The van der Waals surface area contributed by atoms with E-state index in [-0.39, 0.29) is 0 Å². The number of aromatic nitrogens is 1. The van der Waals surface area contributed by atoms with Crippen molar-refractivity contribution in [2.24, 2.45) is 5.41 Å². The van der Waals surface area contributed by atoms with Gasteiger partial charge in [0.25, 0.3) is 0 Å². The first-order valence-corrected chi connectivity index (χ1v) is 7.46. The second-order valence-electron chi connectivity index (χ2n) is 6.12. The highest BCUT2D eigenvalue weighted by Gasteiger charge is 2.32. The fraction of sp³-hybridized carbons (Fsp3) is 0.688. The maximum absolute atomic E-state index is 4.20. The first-order valence-electron chi connectivity index (χ1n) is 7.46. The summed E-state index contributed by atoms with van der Waals surface area (Å²) in [5, 5.41) is 3.41. The largest absolute Gasteiger partial charge is 0.319 e. The monoisotopic (exact) mass is 261 g/mol. The van der Waals surface area contributed by atoms with Gasteiger partial charge in [0.1, 0.15) is 0 Å². The van der Waals surface area contributed by atoms with E-state index in [2.05, 4.69) is 35.4 Å². The van der Waals surface area contributed by atoms with E-state index in [1.165, 1.54) is 44.2 Å². The number of hydrogen-bond donors (Lipinski definition) is 1. The van der Waals surface area contributed by atoms with Crippen molar-refractivity contribution in [3.8, 4) is 0 Å². The van der Waals surface area contributed by atoms with Crippen LogP contribution < -0.4 is 5.32 Å². The van der Waals surface area contributed by atoms with Crippen molar-refractivity contribution >= 4 is 0 Å². The van der Waals surface area contributed by atoms with Crippen molar-refractivity contribution in [2.45, 2.75) is 38.6 Å². The first-order chi connectivity index (χ1) is 9.24. The van der Waals surface area contributed by atoms with Gasteiger partial charge in [-0.25, -0.2) is 0 Å². The van der Waals surface area contributed by atoms with Gasteiger partial charge in [0.15, 0.2) is 0 Å². The van der Waals surface area contributed by atoms with Crippen LogP contribution in [-0.4, -0.2) is 37.1 Å². The quantitative estimate of drug-likeness (QED) is 0.853. The molecule has 1 N–H and O–H groups in total. The Kier molecular flexibility index (Phi) is 5.34. The Hall–Kier alpha value is -0.930. The van der Waals surface area contributed by atoms with Crippen LogP contribution in [0.3, 0.4) is 0 Å². The van der Waals surface area contributed by atoms with E-state index in [1.807, 2.05) is 18.5 Å². The van der Waals surface area contributed by atoms with Crippen LogP contribution >= 0.6 is 0 Å². The smallest absolute Gasteiger partial charge is 0.0312 e. The number of nitrogens with one attached hydrogen (secondary N) is 1. The summed E-state index contributed by atoms with van der Waals surface area (Å²) in [6.45, 7) is 3.33. The van der Waals surface area contributed by atoms with Crippen molar-refractivity contribution < 1.29 is 0 Å². The van der Waals surface area contributed by atoms with Gasteiger partial charge in [-0.15, -0.1) is 0 Å². The van der Waals surface area contributed by atoms with Crippen molar-refractivity contribution in [2.75, 3.05) is 27.2 Å². The van der Waals surface area contributed by atoms with E-state index >= 15 is 0 Å². The summed E-state index contributed by atoms with van der Waals surface area (Å²) in [4.78, 5) is 6.66. The molecular weight excluding hydrogens is 234 g/mol. The molecule has 106 valence electrons. The Balaban J connectivity index is 1.93. The highest BCUT2D eigenvalue weighted by molar-refractivity contribution is 5.08. The van der Waals surface area contributed by atoms with E-state index in [9.17, 15) is 0 Å². The van der Waals surface area contributed by atoms with Gasteiger partial charge < -0.3 is 10.2 Å². The number of pyridine rings is 1. The van der Waals surface area contributed by atoms with Crippen LogP contribution in [0.25, 0.3) is 0 Å². The molecule has 3 nitrogen and oxygen atoms in total. The minimum Gasteiger partial charge on any atom is -0.319 e. The molecule has 19 heavy (non-hydrogen) atoms. The third-order valence-electron chi connectivity index (χ3n) is 4.25. The minimum absolute atomic E-state index is 0.476. The average Bonchev–Trinajstić information content (AvgIpc) is 2.40. The summed E-state index contributed by atoms with van der Waals surface area (Å²) >= 11 is 0. The molecule has 0 unspecified atom stereocenters. The minimum atomic E-state index is 0.476. The summed E-state index contributed by atoms with van der Waals surface area (Å²) in [5.74, 6) is 0. The molecule has 0 saturated heterocycles. The summed E-state index contributed by atoms with van der Waals surface area (Å²) in [6.07, 6.45) is 10.7. The molecule has 1 heterocycles. The lowest BCUT2D eigenvalue weighted by atomic mass is 9.73. The van der Waals surface area contributed by atoms with Gasteiger partial charge in [-0.05, 0) is 44.0 Å². The normalized spacial score (nSPS) is 18.7. The van der Waals surface area contributed by atoms with Crippen LogP contribution in [0.5, 0.6) is 0 Å². The predicted molar refractivity (Wildman–Crippen MR) is 80.0 cm³/mol. The SMILES string of the molecule is CNCC1(CN(C)Cc2cccnc2)CCCCC1. The third-order valence-corrected chi connectivity index (χ3v) is 4.25. The van der Waals surface area contributed by atoms with Crippen LogP contribution in [0.2, 0.25) is 0 Å². The van der Waals surface area contributed by atoms with E-state index < -0.39 is 0 Å². The molecule has 0 radical (unpaired) electrons. The van der Waals surface area contributed by atoms with Crippen LogP contribution in [0.4, 0.5) is 0 Å². The van der Waals surface area contributed by atoms with E-state index in [4.69, 9.17) is 0 Å². The first kappa shape index (κ1) is 14.5. The lowest BCUT2D eigenvalue weighted by Crippen LogP contribution is -2.43. The van der Waals surface area contributed by atoms with Crippen molar-refractivity contribution in [1.82, 2.24) is 15.2 Å². The second kappa shape index (κ2) is 7.01. The summed E-state index contributed by atoms with van der Waals surface area (Å²) in [5.41, 5.74) is 1.78. The summed E-state index contributed by atoms with van der Waals surface area (Å²) < 4.78 is 0. The molecule has 3 heteroatoms. The summed E-state index contributed by atoms with van der Waals surface area (Å²) in [7, 11) is 4.32. The molecular formula is C16H27N3. The number of hydrogen-bond acceptors (Lipinski definition) is 3. The highest BCUT2D eigenvalue weighted by atomic mass is 15.1. The molecule has 1 aromatic heterocycles. The van der Waals surface area contributed by atoms with Crippen LogP contribution in [0.15, 0.2) is 24.5 Å². The molecule has 0 aromatic carbocycles. The van der Waals surface area contributed by atoms with Crippen LogP contribution in [0, 0.1) is 5.41 Å². The van der Waals surface area contributed by atoms with Gasteiger partial charge in [-0.3, -0.25) is 4.98 Å². The molecule has 0 amide bonds. The van der Waals surface area contributed by atoms with Gasteiger partial charge in [0, 0.05) is 32.0 Å². The third kappa shape index (κ3) is 4.29. The molecule has 0 bridgehead atoms. The van der Waals surface area contributed by atoms with Gasteiger partial charge in [-0.1, -0.05) is 25.3 Å². The van der Waals surface area contributed by atoms with E-state index in [0.717, 1.165) is 13.1 Å². The lowest BCUT2D eigenvalue weighted by molar-refractivity contribution is 0.116. The highest BCUT2D eigenvalue weighted by Crippen LogP contribution is 2.36. The zero-order valence-corrected chi connectivity index (χ0v) is 12.4. The second-order valence-corrected chi connectivity index (χ2v) is 6.12. The fourth-order valence-corrected chi connectivity index (χ4v) is 3.50.